The van der Waals surface area contributed by atoms with Crippen LogP contribution in [0, 0.1) is 0 Å². The molecule has 1 aromatic carbocycles. The van der Waals surface area contributed by atoms with Crippen molar-refractivity contribution in [2.75, 3.05) is 26.0 Å². The first-order valence-corrected chi connectivity index (χ1v) is 7.77. The van der Waals surface area contributed by atoms with Crippen LogP contribution in [0.4, 0.5) is 5.95 Å². The van der Waals surface area contributed by atoms with Crippen LogP contribution in [0.5, 0.6) is 5.75 Å². The Bertz CT molecular complexity index is 802. The van der Waals surface area contributed by atoms with Gasteiger partial charge in [0, 0.05) is 38.5 Å². The number of aromatic nitrogens is 2. The van der Waals surface area contributed by atoms with Gasteiger partial charge >= 0.3 is 0 Å². The summed E-state index contributed by atoms with van der Waals surface area (Å²) in [7, 11) is 3.38. The van der Waals surface area contributed by atoms with E-state index in [1.165, 1.54) is 6.07 Å². The van der Waals surface area contributed by atoms with Crippen molar-refractivity contribution in [1.82, 2.24) is 14.9 Å². The largest absolute Gasteiger partial charge is 0.497 e. The van der Waals surface area contributed by atoms with Gasteiger partial charge in [-0.15, -0.1) is 0 Å². The molecule has 7 nitrogen and oxygen atoms in total. The van der Waals surface area contributed by atoms with Crippen LogP contribution in [-0.4, -0.2) is 41.5 Å². The molecule has 1 saturated heterocycles. The number of methoxy groups -OCH3 is 1. The van der Waals surface area contributed by atoms with Gasteiger partial charge in [-0.1, -0.05) is 12.1 Å². The van der Waals surface area contributed by atoms with Crippen LogP contribution >= 0.6 is 0 Å². The monoisotopic (exact) mass is 328 g/mol. The minimum atomic E-state index is -0.227. The molecule has 24 heavy (non-hydrogen) atoms. The van der Waals surface area contributed by atoms with E-state index in [4.69, 9.17) is 4.74 Å². The molecule has 1 amide bonds. The van der Waals surface area contributed by atoms with Crippen LogP contribution in [0.2, 0.25) is 0 Å². The maximum absolute atomic E-state index is 11.9. The topological polar surface area (TPSA) is 87.3 Å². The molecule has 0 unspecified atom stereocenters. The number of hydrogen-bond donors (Lipinski definition) is 2. The van der Waals surface area contributed by atoms with Crippen LogP contribution in [0.25, 0.3) is 0 Å². The zero-order chi connectivity index (χ0) is 17.1. The van der Waals surface area contributed by atoms with Crippen LogP contribution in [-0.2, 0) is 11.3 Å². The van der Waals surface area contributed by atoms with Crippen molar-refractivity contribution in [2.24, 2.45) is 0 Å². The zero-order valence-electron chi connectivity index (χ0n) is 13.7. The predicted octanol–water partition coefficient (Wildman–Crippen LogP) is 1.34. The van der Waals surface area contributed by atoms with Crippen LogP contribution < -0.4 is 15.6 Å². The summed E-state index contributed by atoms with van der Waals surface area (Å²) >= 11 is 0. The number of H-pyrrole nitrogens is 1. The lowest BCUT2D eigenvalue weighted by atomic mass is 10.0. The molecular weight excluding hydrogens is 308 g/mol. The Morgan fingerprint density at radius 3 is 2.92 bits per heavy atom. The maximum atomic E-state index is 11.9. The highest BCUT2D eigenvalue weighted by Crippen LogP contribution is 2.25. The molecule has 1 aliphatic heterocycles. The third-order valence-corrected chi connectivity index (χ3v) is 4.11. The van der Waals surface area contributed by atoms with Crippen molar-refractivity contribution in [3.05, 3.63) is 51.9 Å². The second-order valence-corrected chi connectivity index (χ2v) is 5.90. The Hall–Kier alpha value is -2.83. The molecule has 1 atom stereocenters. The summed E-state index contributed by atoms with van der Waals surface area (Å²) in [5.74, 6) is 1.22. The molecule has 2 heterocycles. The molecule has 2 N–H and O–H groups in total. The third kappa shape index (κ3) is 3.56. The number of likely N-dealkylation sites (N-methyl/N-ethyl adjacent to an activating group) is 1. The van der Waals surface area contributed by atoms with Crippen molar-refractivity contribution in [3.63, 3.8) is 0 Å². The lowest BCUT2D eigenvalue weighted by molar-refractivity contribution is -0.126. The standard InChI is InChI=1S/C17H20N4O3/c1-21-10-12(7-16(21)23)14-8-15(22)20-17(19-14)18-9-11-4-3-5-13(6-11)24-2/h3-6,8,12H,7,9-10H2,1-2H3,(H2,18,19,20,22)/t12-/m0/s1. The highest BCUT2D eigenvalue weighted by molar-refractivity contribution is 5.79. The first kappa shape index (κ1) is 16.0. The fraction of sp³-hybridized carbons (Fsp3) is 0.353. The van der Waals surface area contributed by atoms with Gasteiger partial charge < -0.3 is 15.0 Å². The van der Waals surface area contributed by atoms with Gasteiger partial charge in [0.15, 0.2) is 0 Å². The number of rotatable bonds is 5. The number of carbonyl (C=O) groups is 1. The highest BCUT2D eigenvalue weighted by atomic mass is 16.5. The van der Waals surface area contributed by atoms with Gasteiger partial charge in [-0.25, -0.2) is 4.98 Å². The number of carbonyl (C=O) groups excluding carboxylic acids is 1. The number of ether oxygens (including phenoxy) is 1. The Labute approximate surface area is 139 Å². The second-order valence-electron chi connectivity index (χ2n) is 5.90. The zero-order valence-corrected chi connectivity index (χ0v) is 13.7. The van der Waals surface area contributed by atoms with E-state index >= 15 is 0 Å². The number of anilines is 1. The van der Waals surface area contributed by atoms with E-state index in [2.05, 4.69) is 15.3 Å². The molecule has 126 valence electrons. The normalized spacial score (nSPS) is 17.2. The van der Waals surface area contributed by atoms with Gasteiger partial charge in [0.25, 0.3) is 5.56 Å². The fourth-order valence-electron chi connectivity index (χ4n) is 2.80. The summed E-state index contributed by atoms with van der Waals surface area (Å²) in [5, 5.41) is 3.12. The molecule has 1 aromatic heterocycles. The van der Waals surface area contributed by atoms with Crippen LogP contribution in [0.15, 0.2) is 35.1 Å². The van der Waals surface area contributed by atoms with E-state index in [9.17, 15) is 9.59 Å². The first-order chi connectivity index (χ1) is 11.5. The molecule has 1 aliphatic rings. The minimum Gasteiger partial charge on any atom is -0.497 e. The van der Waals surface area contributed by atoms with E-state index in [1.54, 1.807) is 19.1 Å². The SMILES string of the molecule is COc1cccc(CNc2nc([C@H]3CC(=O)N(C)C3)cc(=O)[nH]2)c1. The van der Waals surface area contributed by atoms with Crippen molar-refractivity contribution >= 4 is 11.9 Å². The Morgan fingerprint density at radius 1 is 1.38 bits per heavy atom. The molecule has 0 bridgehead atoms. The van der Waals surface area contributed by atoms with Gasteiger partial charge in [0.1, 0.15) is 5.75 Å². The summed E-state index contributed by atoms with van der Waals surface area (Å²) in [6.45, 7) is 1.09. The van der Waals surface area contributed by atoms with E-state index in [1.807, 2.05) is 24.3 Å². The van der Waals surface area contributed by atoms with Crippen molar-refractivity contribution in [3.8, 4) is 5.75 Å². The van der Waals surface area contributed by atoms with E-state index in [0.29, 0.717) is 31.2 Å². The van der Waals surface area contributed by atoms with Crippen molar-refractivity contribution in [1.29, 1.82) is 0 Å². The molecule has 0 spiro atoms. The number of aromatic amines is 1. The van der Waals surface area contributed by atoms with Crippen molar-refractivity contribution < 1.29 is 9.53 Å². The highest BCUT2D eigenvalue weighted by Gasteiger charge is 2.29. The number of nitrogens with one attached hydrogen (secondary N) is 2. The number of benzene rings is 1. The molecular formula is C17H20N4O3. The molecule has 7 heteroatoms. The minimum absolute atomic E-state index is 0.0397. The number of likely N-dealkylation sites (tertiary alicyclic amines) is 1. The van der Waals surface area contributed by atoms with Gasteiger partial charge in [0.05, 0.1) is 12.8 Å². The van der Waals surface area contributed by atoms with Gasteiger partial charge in [-0.2, -0.15) is 0 Å². The molecule has 2 aromatic rings. The van der Waals surface area contributed by atoms with E-state index in [-0.39, 0.29) is 17.4 Å². The lowest BCUT2D eigenvalue weighted by Crippen LogP contribution is -2.20. The fourth-order valence-corrected chi connectivity index (χ4v) is 2.80. The number of amides is 1. The molecule has 0 saturated carbocycles. The van der Waals surface area contributed by atoms with Crippen LogP contribution in [0.3, 0.4) is 0 Å². The average Bonchev–Trinajstić information content (AvgIpc) is 2.92. The summed E-state index contributed by atoms with van der Waals surface area (Å²) in [4.78, 5) is 32.4. The Kier molecular flexibility index (Phi) is 4.50. The number of hydrogen-bond acceptors (Lipinski definition) is 5. The second kappa shape index (κ2) is 6.74. The molecule has 0 aliphatic carbocycles. The first-order valence-electron chi connectivity index (χ1n) is 7.77. The summed E-state index contributed by atoms with van der Waals surface area (Å²) in [6, 6.07) is 9.12. The van der Waals surface area contributed by atoms with Crippen LogP contribution in [0.1, 0.15) is 23.6 Å². The van der Waals surface area contributed by atoms with E-state index in [0.717, 1.165) is 11.3 Å². The average molecular weight is 328 g/mol. The summed E-state index contributed by atoms with van der Waals surface area (Å²) < 4.78 is 5.19. The number of nitrogens with zero attached hydrogens (tertiary/aromatic N) is 2. The maximum Gasteiger partial charge on any atom is 0.252 e. The molecule has 0 radical (unpaired) electrons. The third-order valence-electron chi connectivity index (χ3n) is 4.11. The van der Waals surface area contributed by atoms with E-state index < -0.39 is 0 Å². The Balaban J connectivity index is 1.74. The predicted molar refractivity (Wildman–Crippen MR) is 90.2 cm³/mol. The van der Waals surface area contributed by atoms with Gasteiger partial charge in [0.2, 0.25) is 11.9 Å². The quantitative estimate of drug-likeness (QED) is 0.865. The smallest absolute Gasteiger partial charge is 0.252 e. The lowest BCUT2D eigenvalue weighted by Gasteiger charge is -2.12. The van der Waals surface area contributed by atoms with Gasteiger partial charge in [-0.3, -0.25) is 14.6 Å². The Morgan fingerprint density at radius 2 is 2.21 bits per heavy atom. The molecule has 1 fully saturated rings. The van der Waals surface area contributed by atoms with Gasteiger partial charge in [-0.05, 0) is 17.7 Å². The summed E-state index contributed by atoms with van der Waals surface area (Å²) in [5.41, 5.74) is 1.43. The molecule has 3 rings (SSSR count). The van der Waals surface area contributed by atoms with Crippen molar-refractivity contribution in [2.45, 2.75) is 18.9 Å². The summed E-state index contributed by atoms with van der Waals surface area (Å²) in [6.07, 6.45) is 0.391.